The predicted octanol–water partition coefficient (Wildman–Crippen LogP) is 4.58. The maximum absolute atomic E-state index is 14.4. The van der Waals surface area contributed by atoms with Crippen LogP contribution in [0.2, 0.25) is 0 Å². The number of fused-ring (bicyclic) bond motifs is 1. The Morgan fingerprint density at radius 1 is 1.18 bits per heavy atom. The van der Waals surface area contributed by atoms with Gasteiger partial charge in [0.05, 0.1) is 41.0 Å². The van der Waals surface area contributed by atoms with Crippen LogP contribution >= 0.6 is 0 Å². The van der Waals surface area contributed by atoms with Crippen LogP contribution in [0.15, 0.2) is 47.4 Å². The SMILES string of the molecule is CCOc1cc(S(C)(=O)=O)ccc1NCC#Cc1cc2c(NC3CCNCC3F)cccc2n1CC(F)(F)F. The number of sulfone groups is 1. The van der Waals surface area contributed by atoms with Gasteiger partial charge >= 0.3 is 6.18 Å². The van der Waals surface area contributed by atoms with Gasteiger partial charge in [0.2, 0.25) is 0 Å². The number of hydrogen-bond donors (Lipinski definition) is 3. The molecule has 0 spiro atoms. The smallest absolute Gasteiger partial charge is 0.406 e. The first-order chi connectivity index (χ1) is 18.5. The van der Waals surface area contributed by atoms with Crippen molar-refractivity contribution in [3.05, 3.63) is 48.2 Å². The zero-order chi connectivity index (χ0) is 28.2. The second kappa shape index (κ2) is 11.8. The van der Waals surface area contributed by atoms with E-state index >= 15 is 0 Å². The average Bonchev–Trinajstić information content (AvgIpc) is 3.20. The molecule has 1 saturated heterocycles. The highest BCUT2D eigenvalue weighted by molar-refractivity contribution is 7.90. The molecule has 2 unspecified atom stereocenters. The fourth-order valence-corrected chi connectivity index (χ4v) is 5.11. The molecule has 210 valence electrons. The van der Waals surface area contributed by atoms with Crippen LogP contribution in [-0.2, 0) is 16.4 Å². The molecular weight excluding hydrogens is 536 g/mol. The second-order valence-electron chi connectivity index (χ2n) is 9.25. The van der Waals surface area contributed by atoms with Crippen molar-refractivity contribution < 1.29 is 30.7 Å². The Morgan fingerprint density at radius 3 is 2.67 bits per heavy atom. The number of piperidine rings is 1. The molecular formula is C27H30F4N4O3S. The molecule has 39 heavy (non-hydrogen) atoms. The summed E-state index contributed by atoms with van der Waals surface area (Å²) in [4.78, 5) is 0.104. The first-order valence-corrected chi connectivity index (χ1v) is 14.4. The van der Waals surface area contributed by atoms with Gasteiger partial charge in [-0.1, -0.05) is 12.0 Å². The van der Waals surface area contributed by atoms with Crippen LogP contribution in [0.5, 0.6) is 5.75 Å². The lowest BCUT2D eigenvalue weighted by molar-refractivity contribution is -0.140. The summed E-state index contributed by atoms with van der Waals surface area (Å²) in [6.07, 6.45) is -3.95. The van der Waals surface area contributed by atoms with E-state index in [1.165, 1.54) is 12.1 Å². The van der Waals surface area contributed by atoms with E-state index in [4.69, 9.17) is 4.74 Å². The minimum Gasteiger partial charge on any atom is -0.492 e. The van der Waals surface area contributed by atoms with Gasteiger partial charge in [0.25, 0.3) is 0 Å². The summed E-state index contributed by atoms with van der Waals surface area (Å²) in [5.74, 6) is 6.00. The highest BCUT2D eigenvalue weighted by Crippen LogP contribution is 2.31. The fraction of sp³-hybridized carbons (Fsp3) is 0.407. The van der Waals surface area contributed by atoms with Gasteiger partial charge in [0, 0.05) is 29.9 Å². The summed E-state index contributed by atoms with van der Waals surface area (Å²) in [7, 11) is -3.43. The van der Waals surface area contributed by atoms with E-state index in [2.05, 4.69) is 27.8 Å². The third-order valence-corrected chi connectivity index (χ3v) is 7.41. The van der Waals surface area contributed by atoms with Crippen molar-refractivity contribution in [1.82, 2.24) is 9.88 Å². The van der Waals surface area contributed by atoms with Gasteiger partial charge in [-0.3, -0.25) is 0 Å². The van der Waals surface area contributed by atoms with E-state index in [9.17, 15) is 26.0 Å². The largest absolute Gasteiger partial charge is 0.492 e. The molecule has 1 aromatic heterocycles. The van der Waals surface area contributed by atoms with Crippen LogP contribution in [0.4, 0.5) is 28.9 Å². The van der Waals surface area contributed by atoms with E-state index < -0.39 is 34.8 Å². The second-order valence-corrected chi connectivity index (χ2v) is 11.3. The molecule has 1 aliphatic heterocycles. The molecule has 0 amide bonds. The number of nitrogens with one attached hydrogen (secondary N) is 3. The van der Waals surface area contributed by atoms with Gasteiger partial charge in [-0.2, -0.15) is 13.2 Å². The van der Waals surface area contributed by atoms with Crippen molar-refractivity contribution in [1.29, 1.82) is 0 Å². The molecule has 0 radical (unpaired) electrons. The van der Waals surface area contributed by atoms with Crippen molar-refractivity contribution in [3.63, 3.8) is 0 Å². The molecule has 7 nitrogen and oxygen atoms in total. The van der Waals surface area contributed by atoms with E-state index in [-0.39, 0.29) is 23.7 Å². The number of anilines is 2. The summed E-state index contributed by atoms with van der Waals surface area (Å²) in [6, 6.07) is 10.5. The monoisotopic (exact) mass is 566 g/mol. The number of ether oxygens (including phenoxy) is 1. The molecule has 0 bridgehead atoms. The van der Waals surface area contributed by atoms with E-state index in [1.807, 2.05) is 0 Å². The lowest BCUT2D eigenvalue weighted by Crippen LogP contribution is -2.45. The van der Waals surface area contributed by atoms with Gasteiger partial charge in [0.1, 0.15) is 18.5 Å². The zero-order valence-electron chi connectivity index (χ0n) is 21.5. The third-order valence-electron chi connectivity index (χ3n) is 6.30. The van der Waals surface area contributed by atoms with Crippen LogP contribution in [0.25, 0.3) is 10.9 Å². The van der Waals surface area contributed by atoms with Crippen molar-refractivity contribution in [3.8, 4) is 17.6 Å². The molecule has 1 fully saturated rings. The van der Waals surface area contributed by atoms with Crippen molar-refractivity contribution in [2.45, 2.75) is 43.2 Å². The van der Waals surface area contributed by atoms with Crippen LogP contribution in [0.1, 0.15) is 19.0 Å². The number of aromatic nitrogens is 1. The number of rotatable bonds is 8. The van der Waals surface area contributed by atoms with E-state index in [0.29, 0.717) is 47.6 Å². The average molecular weight is 567 g/mol. The first-order valence-electron chi connectivity index (χ1n) is 12.5. The van der Waals surface area contributed by atoms with Crippen LogP contribution in [0.3, 0.4) is 0 Å². The number of benzene rings is 2. The molecule has 3 N–H and O–H groups in total. The molecule has 12 heteroatoms. The molecule has 3 aromatic rings. The Morgan fingerprint density at radius 2 is 1.97 bits per heavy atom. The Balaban J connectivity index is 1.61. The highest BCUT2D eigenvalue weighted by atomic mass is 32.2. The minimum atomic E-state index is -4.48. The molecule has 2 heterocycles. The fourth-order valence-electron chi connectivity index (χ4n) is 4.47. The van der Waals surface area contributed by atoms with E-state index in [1.54, 1.807) is 37.3 Å². The Labute approximate surface area is 224 Å². The summed E-state index contributed by atoms with van der Waals surface area (Å²) < 4.78 is 85.2. The van der Waals surface area contributed by atoms with Gasteiger partial charge in [0.15, 0.2) is 9.84 Å². The Hall–Kier alpha value is -3.43. The van der Waals surface area contributed by atoms with Crippen molar-refractivity contribution >= 4 is 32.1 Å². The molecule has 0 saturated carbocycles. The van der Waals surface area contributed by atoms with Crippen LogP contribution < -0.4 is 20.7 Å². The summed E-state index contributed by atoms with van der Waals surface area (Å²) in [5.41, 5.74) is 1.56. The Kier molecular flexibility index (Phi) is 8.61. The zero-order valence-corrected chi connectivity index (χ0v) is 22.3. The van der Waals surface area contributed by atoms with Crippen molar-refractivity contribution in [2.75, 3.05) is 43.1 Å². The highest BCUT2D eigenvalue weighted by Gasteiger charge is 2.30. The summed E-state index contributed by atoms with van der Waals surface area (Å²) in [6.45, 7) is 1.77. The van der Waals surface area contributed by atoms with Crippen LogP contribution in [0, 0.1) is 11.8 Å². The summed E-state index contributed by atoms with van der Waals surface area (Å²) >= 11 is 0. The maximum Gasteiger partial charge on any atom is 0.406 e. The summed E-state index contributed by atoms with van der Waals surface area (Å²) in [5, 5.41) is 9.72. The van der Waals surface area contributed by atoms with Gasteiger partial charge in [-0.15, -0.1) is 0 Å². The molecule has 2 atom stereocenters. The quantitative estimate of drug-likeness (QED) is 0.274. The molecule has 2 aromatic carbocycles. The number of halogens is 4. The standard InChI is InChI=1S/C27H30F4N4O3S/c1-3-38-26-15-19(39(2,36)37)9-10-24(26)33-12-5-6-18-14-20-22(34-23-11-13-32-16-21(23)28)7-4-8-25(20)35(18)17-27(29,30)31/h4,7-10,14-15,21,23,32-34H,3,11-13,16-17H2,1-2H3. The van der Waals surface area contributed by atoms with Gasteiger partial charge in [-0.05, 0) is 56.1 Å². The maximum atomic E-state index is 14.4. The topological polar surface area (TPSA) is 84.4 Å². The Bertz CT molecular complexity index is 1490. The van der Waals surface area contributed by atoms with E-state index in [0.717, 1.165) is 10.8 Å². The lowest BCUT2D eigenvalue weighted by Gasteiger charge is -2.28. The van der Waals surface area contributed by atoms with Gasteiger partial charge < -0.3 is 25.3 Å². The minimum absolute atomic E-state index is 0.0650. The predicted molar refractivity (Wildman–Crippen MR) is 144 cm³/mol. The number of nitrogens with zero attached hydrogens (tertiary/aromatic N) is 1. The molecule has 4 rings (SSSR count). The molecule has 0 aliphatic carbocycles. The normalized spacial score (nSPS) is 17.9. The molecule has 1 aliphatic rings. The van der Waals surface area contributed by atoms with Crippen LogP contribution in [-0.4, -0.2) is 63.9 Å². The van der Waals surface area contributed by atoms with Crippen molar-refractivity contribution in [2.24, 2.45) is 0 Å². The lowest BCUT2D eigenvalue weighted by atomic mass is 10.0. The third kappa shape index (κ3) is 7.16. The van der Waals surface area contributed by atoms with Gasteiger partial charge in [-0.25, -0.2) is 12.8 Å². The number of hydrogen-bond acceptors (Lipinski definition) is 6. The first kappa shape index (κ1) is 28.6. The number of alkyl halides is 4.